The van der Waals surface area contributed by atoms with Crippen LogP contribution in [0.3, 0.4) is 0 Å². The number of methoxy groups -OCH3 is 4. The number of esters is 1. The molecule has 3 unspecified atom stereocenters. The van der Waals surface area contributed by atoms with E-state index in [0.717, 1.165) is 18.4 Å². The van der Waals surface area contributed by atoms with Crippen LogP contribution in [0.4, 0.5) is 0 Å². The van der Waals surface area contributed by atoms with E-state index in [9.17, 15) is 4.79 Å². The van der Waals surface area contributed by atoms with Crippen molar-refractivity contribution in [2.24, 2.45) is 11.8 Å². The molecule has 122 valence electrons. The van der Waals surface area contributed by atoms with E-state index in [4.69, 9.17) is 18.9 Å². The molecule has 0 radical (unpaired) electrons. The van der Waals surface area contributed by atoms with Gasteiger partial charge in [0.15, 0.2) is 11.5 Å². The lowest BCUT2D eigenvalue weighted by atomic mass is 9.87. The first-order valence-corrected chi connectivity index (χ1v) is 7.43. The highest BCUT2D eigenvalue weighted by Crippen LogP contribution is 2.49. The van der Waals surface area contributed by atoms with Crippen molar-refractivity contribution in [2.45, 2.75) is 25.7 Å². The number of carbonyl (C=O) groups is 1. The predicted molar refractivity (Wildman–Crippen MR) is 82.7 cm³/mol. The fourth-order valence-electron chi connectivity index (χ4n) is 3.41. The second-order valence-corrected chi connectivity index (χ2v) is 5.76. The average Bonchev–Trinajstić information content (AvgIpc) is 2.94. The smallest absolute Gasteiger partial charge is 0.309 e. The van der Waals surface area contributed by atoms with Gasteiger partial charge in [0, 0.05) is 17.5 Å². The van der Waals surface area contributed by atoms with Gasteiger partial charge >= 0.3 is 5.97 Å². The van der Waals surface area contributed by atoms with Crippen LogP contribution in [0.5, 0.6) is 17.2 Å². The quantitative estimate of drug-likeness (QED) is 0.783. The summed E-state index contributed by atoms with van der Waals surface area (Å²) in [6.07, 6.45) is 1.73. The Morgan fingerprint density at radius 1 is 1.05 bits per heavy atom. The van der Waals surface area contributed by atoms with Crippen LogP contribution in [-0.2, 0) is 9.53 Å². The van der Waals surface area contributed by atoms with Crippen molar-refractivity contribution in [3.63, 3.8) is 0 Å². The Balaban J connectivity index is 2.51. The van der Waals surface area contributed by atoms with E-state index < -0.39 is 0 Å². The van der Waals surface area contributed by atoms with Gasteiger partial charge in [0.05, 0.1) is 34.4 Å². The lowest BCUT2D eigenvalue weighted by molar-refractivity contribution is -0.145. The monoisotopic (exact) mass is 308 g/mol. The average molecular weight is 308 g/mol. The predicted octanol–water partition coefficient (Wildman–Crippen LogP) is 3.02. The molecule has 1 aliphatic carbocycles. The van der Waals surface area contributed by atoms with Crippen molar-refractivity contribution >= 4 is 5.97 Å². The molecule has 1 fully saturated rings. The number of rotatable bonds is 5. The third-order valence-corrected chi connectivity index (χ3v) is 4.42. The Morgan fingerprint density at radius 3 is 2.32 bits per heavy atom. The first kappa shape index (κ1) is 16.5. The summed E-state index contributed by atoms with van der Waals surface area (Å²) >= 11 is 0. The first-order chi connectivity index (χ1) is 10.5. The number of hydrogen-bond acceptors (Lipinski definition) is 5. The zero-order valence-corrected chi connectivity index (χ0v) is 13.8. The van der Waals surface area contributed by atoms with E-state index in [2.05, 4.69) is 6.92 Å². The molecule has 5 nitrogen and oxygen atoms in total. The molecule has 0 N–H and O–H groups in total. The van der Waals surface area contributed by atoms with Gasteiger partial charge in [-0.1, -0.05) is 6.92 Å². The van der Waals surface area contributed by atoms with Crippen molar-refractivity contribution < 1.29 is 23.7 Å². The topological polar surface area (TPSA) is 54.0 Å². The minimum Gasteiger partial charge on any atom is -0.497 e. The Morgan fingerprint density at radius 2 is 1.77 bits per heavy atom. The summed E-state index contributed by atoms with van der Waals surface area (Å²) in [5, 5.41) is 0. The summed E-state index contributed by atoms with van der Waals surface area (Å²) < 4.78 is 21.3. The van der Waals surface area contributed by atoms with Gasteiger partial charge in [-0.3, -0.25) is 4.79 Å². The standard InChI is InChI=1S/C17H24O5/c1-10-6-12(14(7-10)17(18)22-5)13-8-11(19-2)9-15(20-3)16(13)21-4/h8-10,12,14H,6-7H2,1-5H3. The molecule has 1 saturated carbocycles. The molecule has 1 aromatic rings. The van der Waals surface area contributed by atoms with Crippen LogP contribution in [0, 0.1) is 11.8 Å². The van der Waals surface area contributed by atoms with E-state index >= 15 is 0 Å². The Labute approximate surface area is 131 Å². The van der Waals surface area contributed by atoms with Gasteiger partial charge in [0.25, 0.3) is 0 Å². The summed E-state index contributed by atoms with van der Waals surface area (Å²) in [4.78, 5) is 12.1. The molecule has 2 rings (SSSR count). The minimum atomic E-state index is -0.168. The van der Waals surface area contributed by atoms with Crippen LogP contribution < -0.4 is 14.2 Å². The maximum atomic E-state index is 12.1. The molecule has 0 saturated heterocycles. The number of benzene rings is 1. The largest absolute Gasteiger partial charge is 0.497 e. The van der Waals surface area contributed by atoms with Crippen LogP contribution in [-0.4, -0.2) is 34.4 Å². The Bertz CT molecular complexity index is 540. The van der Waals surface area contributed by atoms with Gasteiger partial charge in [-0.25, -0.2) is 0 Å². The molecular formula is C17H24O5. The highest BCUT2D eigenvalue weighted by atomic mass is 16.5. The van der Waals surface area contributed by atoms with Crippen LogP contribution in [0.15, 0.2) is 12.1 Å². The van der Waals surface area contributed by atoms with Crippen molar-refractivity contribution in [2.75, 3.05) is 28.4 Å². The molecule has 1 aromatic carbocycles. The normalized spacial score (nSPS) is 24.0. The van der Waals surface area contributed by atoms with E-state index in [1.165, 1.54) is 7.11 Å². The van der Waals surface area contributed by atoms with E-state index in [0.29, 0.717) is 23.2 Å². The fraction of sp³-hybridized carbons (Fsp3) is 0.588. The Hall–Kier alpha value is -1.91. The molecule has 3 atom stereocenters. The van der Waals surface area contributed by atoms with E-state index in [1.54, 1.807) is 27.4 Å². The second kappa shape index (κ2) is 6.90. The van der Waals surface area contributed by atoms with Crippen molar-refractivity contribution in [3.05, 3.63) is 17.7 Å². The zero-order valence-electron chi connectivity index (χ0n) is 13.8. The molecule has 5 heteroatoms. The molecule has 22 heavy (non-hydrogen) atoms. The highest BCUT2D eigenvalue weighted by Gasteiger charge is 2.40. The highest BCUT2D eigenvalue weighted by molar-refractivity contribution is 5.74. The van der Waals surface area contributed by atoms with Crippen molar-refractivity contribution in [1.82, 2.24) is 0 Å². The lowest BCUT2D eigenvalue weighted by Crippen LogP contribution is -2.19. The fourth-order valence-corrected chi connectivity index (χ4v) is 3.41. The second-order valence-electron chi connectivity index (χ2n) is 5.76. The molecule has 0 heterocycles. The lowest BCUT2D eigenvalue weighted by Gasteiger charge is -2.22. The maximum absolute atomic E-state index is 12.1. The molecular weight excluding hydrogens is 284 g/mol. The number of hydrogen-bond donors (Lipinski definition) is 0. The molecule has 1 aliphatic rings. The molecule has 0 spiro atoms. The van der Waals surface area contributed by atoms with Gasteiger partial charge in [0.1, 0.15) is 5.75 Å². The van der Waals surface area contributed by atoms with Crippen LogP contribution in [0.25, 0.3) is 0 Å². The van der Waals surface area contributed by atoms with Gasteiger partial charge in [-0.05, 0) is 24.8 Å². The zero-order chi connectivity index (χ0) is 16.3. The summed E-state index contributed by atoms with van der Waals surface area (Å²) in [5.41, 5.74) is 0.943. The minimum absolute atomic E-state index is 0.0430. The van der Waals surface area contributed by atoms with Gasteiger partial charge in [-0.15, -0.1) is 0 Å². The summed E-state index contributed by atoms with van der Waals surface area (Å²) in [6.45, 7) is 2.15. The summed E-state index contributed by atoms with van der Waals surface area (Å²) in [5.74, 6) is 2.13. The van der Waals surface area contributed by atoms with Gasteiger partial charge < -0.3 is 18.9 Å². The molecule has 0 bridgehead atoms. The SMILES string of the molecule is COC(=O)C1CC(C)CC1c1cc(OC)cc(OC)c1OC. The third kappa shape index (κ3) is 2.98. The number of ether oxygens (including phenoxy) is 4. The first-order valence-electron chi connectivity index (χ1n) is 7.43. The maximum Gasteiger partial charge on any atom is 0.309 e. The summed E-state index contributed by atoms with van der Waals surface area (Å²) in [7, 11) is 6.25. The molecule has 0 amide bonds. The molecule has 0 aliphatic heterocycles. The van der Waals surface area contributed by atoms with Crippen molar-refractivity contribution in [1.29, 1.82) is 0 Å². The van der Waals surface area contributed by atoms with Crippen LogP contribution in [0.1, 0.15) is 31.2 Å². The van der Waals surface area contributed by atoms with Gasteiger partial charge in [0.2, 0.25) is 0 Å². The van der Waals surface area contributed by atoms with Crippen LogP contribution in [0.2, 0.25) is 0 Å². The van der Waals surface area contributed by atoms with Crippen molar-refractivity contribution in [3.8, 4) is 17.2 Å². The summed E-state index contributed by atoms with van der Waals surface area (Å²) in [6, 6.07) is 3.72. The molecule has 0 aromatic heterocycles. The van der Waals surface area contributed by atoms with E-state index in [-0.39, 0.29) is 17.8 Å². The third-order valence-electron chi connectivity index (χ3n) is 4.42. The Kier molecular flexibility index (Phi) is 5.16. The van der Waals surface area contributed by atoms with Gasteiger partial charge in [-0.2, -0.15) is 0 Å². The van der Waals surface area contributed by atoms with Crippen LogP contribution >= 0.6 is 0 Å². The number of carbonyl (C=O) groups excluding carboxylic acids is 1. The van der Waals surface area contributed by atoms with E-state index in [1.807, 2.05) is 6.07 Å².